The molecule has 0 aliphatic rings. The highest BCUT2D eigenvalue weighted by atomic mass is 19.1. The number of amides is 1. The quantitative estimate of drug-likeness (QED) is 0.585. The van der Waals surface area contributed by atoms with E-state index in [1.165, 1.54) is 42.5 Å². The maximum atomic E-state index is 13.5. The van der Waals surface area contributed by atoms with Gasteiger partial charge in [0.25, 0.3) is 11.6 Å². The standard InChI is InChI=1S/C17H12FN3O3/c1-10-8-15(14-9-11(18)2-7-16(14)19-10)17(22)20-12-3-5-13(6-4-12)21(23)24/h2-9H,1H3,(H,20,22). The second-order valence-electron chi connectivity index (χ2n) is 5.23. The van der Waals surface area contributed by atoms with Gasteiger partial charge in [-0.1, -0.05) is 0 Å². The zero-order valence-corrected chi connectivity index (χ0v) is 12.6. The van der Waals surface area contributed by atoms with E-state index in [1.807, 2.05) is 0 Å². The van der Waals surface area contributed by atoms with E-state index in [0.29, 0.717) is 22.3 Å². The summed E-state index contributed by atoms with van der Waals surface area (Å²) < 4.78 is 13.5. The van der Waals surface area contributed by atoms with Crippen LogP contribution in [0.15, 0.2) is 48.5 Å². The first-order valence-electron chi connectivity index (χ1n) is 7.07. The largest absolute Gasteiger partial charge is 0.322 e. The van der Waals surface area contributed by atoms with Crippen molar-refractivity contribution in [2.45, 2.75) is 6.92 Å². The fourth-order valence-corrected chi connectivity index (χ4v) is 2.38. The van der Waals surface area contributed by atoms with Crippen LogP contribution in [0.3, 0.4) is 0 Å². The van der Waals surface area contributed by atoms with Gasteiger partial charge in [0.2, 0.25) is 0 Å². The Bertz CT molecular complexity index is 955. The Morgan fingerprint density at radius 1 is 1.17 bits per heavy atom. The topological polar surface area (TPSA) is 85.1 Å². The lowest BCUT2D eigenvalue weighted by Gasteiger charge is -2.09. The first kappa shape index (κ1) is 15.5. The van der Waals surface area contributed by atoms with Crippen LogP contribution in [0, 0.1) is 22.9 Å². The van der Waals surface area contributed by atoms with Crippen molar-refractivity contribution in [3.63, 3.8) is 0 Å². The molecule has 24 heavy (non-hydrogen) atoms. The Balaban J connectivity index is 1.96. The van der Waals surface area contributed by atoms with Gasteiger partial charge in [0.15, 0.2) is 0 Å². The van der Waals surface area contributed by atoms with Crippen LogP contribution in [0.1, 0.15) is 16.1 Å². The SMILES string of the molecule is Cc1cc(C(=O)Nc2ccc([N+](=O)[O-])cc2)c2cc(F)ccc2n1. The van der Waals surface area contributed by atoms with Crippen LogP contribution in [-0.4, -0.2) is 15.8 Å². The van der Waals surface area contributed by atoms with Crippen molar-refractivity contribution >= 4 is 28.2 Å². The van der Waals surface area contributed by atoms with Crippen LogP contribution < -0.4 is 5.32 Å². The molecular formula is C17H12FN3O3. The molecule has 1 N–H and O–H groups in total. The fourth-order valence-electron chi connectivity index (χ4n) is 2.38. The Morgan fingerprint density at radius 3 is 2.54 bits per heavy atom. The van der Waals surface area contributed by atoms with Crippen molar-refractivity contribution < 1.29 is 14.1 Å². The van der Waals surface area contributed by atoms with E-state index in [9.17, 15) is 19.3 Å². The molecule has 3 rings (SSSR count). The second kappa shape index (κ2) is 6.04. The number of hydrogen-bond acceptors (Lipinski definition) is 4. The van der Waals surface area contributed by atoms with E-state index in [-0.39, 0.29) is 11.3 Å². The number of nitro benzene ring substituents is 1. The van der Waals surface area contributed by atoms with Crippen LogP contribution in [0.5, 0.6) is 0 Å². The van der Waals surface area contributed by atoms with E-state index >= 15 is 0 Å². The molecule has 1 aromatic heterocycles. The molecule has 2 aromatic carbocycles. The summed E-state index contributed by atoms with van der Waals surface area (Å²) in [5.74, 6) is -0.900. The fraction of sp³-hybridized carbons (Fsp3) is 0.0588. The van der Waals surface area contributed by atoms with Gasteiger partial charge < -0.3 is 5.32 Å². The third kappa shape index (κ3) is 3.05. The van der Waals surface area contributed by atoms with Gasteiger partial charge in [0.1, 0.15) is 5.82 Å². The van der Waals surface area contributed by atoms with Crippen LogP contribution in [0.4, 0.5) is 15.8 Å². The molecule has 120 valence electrons. The molecule has 0 unspecified atom stereocenters. The number of hydrogen-bond donors (Lipinski definition) is 1. The Labute approximate surface area is 136 Å². The lowest BCUT2D eigenvalue weighted by atomic mass is 10.1. The first-order chi connectivity index (χ1) is 11.4. The van der Waals surface area contributed by atoms with Gasteiger partial charge in [-0.25, -0.2) is 4.39 Å². The number of halogens is 1. The molecule has 0 aliphatic heterocycles. The number of benzene rings is 2. The van der Waals surface area contributed by atoms with Gasteiger partial charge in [-0.3, -0.25) is 19.9 Å². The predicted octanol–water partition coefficient (Wildman–Crippen LogP) is 3.84. The second-order valence-corrected chi connectivity index (χ2v) is 5.23. The molecule has 0 saturated heterocycles. The van der Waals surface area contributed by atoms with Crippen molar-refractivity contribution in [2.24, 2.45) is 0 Å². The van der Waals surface area contributed by atoms with Gasteiger partial charge in [-0.05, 0) is 43.3 Å². The summed E-state index contributed by atoms with van der Waals surface area (Å²) in [7, 11) is 0. The van der Waals surface area contributed by atoms with Crippen molar-refractivity contribution in [3.05, 3.63) is 75.7 Å². The summed E-state index contributed by atoms with van der Waals surface area (Å²) in [5, 5.41) is 13.7. The molecule has 0 aliphatic carbocycles. The Kier molecular flexibility index (Phi) is 3.91. The number of pyridine rings is 1. The number of nitrogens with zero attached hydrogens (tertiary/aromatic N) is 2. The number of fused-ring (bicyclic) bond motifs is 1. The average Bonchev–Trinajstić information content (AvgIpc) is 2.55. The minimum atomic E-state index is -0.520. The summed E-state index contributed by atoms with van der Waals surface area (Å²) in [4.78, 5) is 26.9. The highest BCUT2D eigenvalue weighted by Gasteiger charge is 2.14. The van der Waals surface area contributed by atoms with E-state index in [2.05, 4.69) is 10.3 Å². The zero-order valence-electron chi connectivity index (χ0n) is 12.6. The minimum absolute atomic E-state index is 0.0692. The number of aryl methyl sites for hydroxylation is 1. The Hall–Kier alpha value is -3.35. The lowest BCUT2D eigenvalue weighted by Crippen LogP contribution is -2.13. The predicted molar refractivity (Wildman–Crippen MR) is 87.5 cm³/mol. The molecule has 0 saturated carbocycles. The van der Waals surface area contributed by atoms with Crippen LogP contribution in [0.25, 0.3) is 10.9 Å². The van der Waals surface area contributed by atoms with Crippen molar-refractivity contribution in [2.75, 3.05) is 5.32 Å². The first-order valence-corrected chi connectivity index (χ1v) is 7.07. The molecule has 3 aromatic rings. The average molecular weight is 325 g/mol. The smallest absolute Gasteiger partial charge is 0.269 e. The highest BCUT2D eigenvalue weighted by molar-refractivity contribution is 6.12. The molecule has 0 spiro atoms. The molecule has 0 atom stereocenters. The number of nitrogens with one attached hydrogen (secondary N) is 1. The van der Waals surface area contributed by atoms with E-state index in [4.69, 9.17) is 0 Å². The number of anilines is 1. The van der Waals surface area contributed by atoms with E-state index in [1.54, 1.807) is 13.0 Å². The molecular weight excluding hydrogens is 313 g/mol. The molecule has 1 amide bonds. The molecule has 0 bridgehead atoms. The van der Waals surface area contributed by atoms with Crippen molar-refractivity contribution in [3.8, 4) is 0 Å². The summed E-state index contributed by atoms with van der Waals surface area (Å²) in [6, 6.07) is 11.1. The number of aromatic nitrogens is 1. The van der Waals surface area contributed by atoms with E-state index in [0.717, 1.165) is 0 Å². The minimum Gasteiger partial charge on any atom is -0.322 e. The Morgan fingerprint density at radius 2 is 1.88 bits per heavy atom. The summed E-state index contributed by atoms with van der Waals surface area (Å²) in [6.45, 7) is 1.74. The van der Waals surface area contributed by atoms with Gasteiger partial charge in [-0.2, -0.15) is 0 Å². The van der Waals surface area contributed by atoms with Gasteiger partial charge >= 0.3 is 0 Å². The lowest BCUT2D eigenvalue weighted by molar-refractivity contribution is -0.384. The highest BCUT2D eigenvalue weighted by Crippen LogP contribution is 2.22. The summed E-state index contributed by atoms with van der Waals surface area (Å²) in [6.07, 6.45) is 0. The van der Waals surface area contributed by atoms with Crippen LogP contribution in [0.2, 0.25) is 0 Å². The normalized spacial score (nSPS) is 10.6. The van der Waals surface area contributed by atoms with Crippen LogP contribution in [-0.2, 0) is 0 Å². The van der Waals surface area contributed by atoms with Gasteiger partial charge in [0, 0.05) is 28.9 Å². The molecule has 7 heteroatoms. The molecule has 6 nitrogen and oxygen atoms in total. The summed E-state index contributed by atoms with van der Waals surface area (Å²) >= 11 is 0. The van der Waals surface area contributed by atoms with Gasteiger partial charge in [-0.15, -0.1) is 0 Å². The number of carbonyl (C=O) groups excluding carboxylic acids is 1. The maximum absolute atomic E-state index is 13.5. The third-order valence-corrected chi connectivity index (χ3v) is 3.48. The van der Waals surface area contributed by atoms with E-state index < -0.39 is 16.6 Å². The number of non-ortho nitro benzene ring substituents is 1. The van der Waals surface area contributed by atoms with Crippen molar-refractivity contribution in [1.82, 2.24) is 4.98 Å². The number of rotatable bonds is 3. The monoisotopic (exact) mass is 325 g/mol. The maximum Gasteiger partial charge on any atom is 0.269 e. The van der Waals surface area contributed by atoms with Crippen LogP contribution >= 0.6 is 0 Å². The number of nitro groups is 1. The molecule has 1 heterocycles. The number of carbonyl (C=O) groups is 1. The molecule has 0 fully saturated rings. The summed E-state index contributed by atoms with van der Waals surface area (Å²) in [5.41, 5.74) is 1.77. The zero-order chi connectivity index (χ0) is 17.3. The molecule has 0 radical (unpaired) electrons. The van der Waals surface area contributed by atoms with Crippen molar-refractivity contribution in [1.29, 1.82) is 0 Å². The third-order valence-electron chi connectivity index (χ3n) is 3.48. The van der Waals surface area contributed by atoms with Gasteiger partial charge in [0.05, 0.1) is 16.0 Å².